The maximum atomic E-state index is 11.8. The predicted molar refractivity (Wildman–Crippen MR) is 91.1 cm³/mol. The molecular weight excluding hydrogens is 304 g/mol. The first-order valence-corrected chi connectivity index (χ1v) is 7.88. The van der Waals surface area contributed by atoms with Crippen LogP contribution in [0.4, 0.5) is 5.82 Å². The standard InChI is InChI=1S/C19H18N2O3/c22-17-8-4-7-16-11-15(12-20-19(16)21-17)9-10-18(23)24-13-14-5-2-1-3-6-14/h1-3,5-6,9-12H,4,7-8,13H2,(H,20,21,22). The van der Waals surface area contributed by atoms with Gasteiger partial charge in [-0.2, -0.15) is 0 Å². The molecule has 0 spiro atoms. The SMILES string of the molecule is O=C1CCCc2cc(C=CC(=O)OCc3ccccc3)cnc2N1. The largest absolute Gasteiger partial charge is 0.458 e. The number of carbonyl (C=O) groups excluding carboxylic acids is 2. The second kappa shape index (κ2) is 7.55. The molecule has 1 aliphatic heterocycles. The minimum Gasteiger partial charge on any atom is -0.458 e. The van der Waals surface area contributed by atoms with Gasteiger partial charge in [-0.1, -0.05) is 30.3 Å². The highest BCUT2D eigenvalue weighted by molar-refractivity contribution is 5.91. The van der Waals surface area contributed by atoms with Gasteiger partial charge in [0.15, 0.2) is 0 Å². The molecule has 3 rings (SSSR count). The minimum absolute atomic E-state index is 0.00553. The van der Waals surface area contributed by atoms with Crippen LogP contribution < -0.4 is 5.32 Å². The summed E-state index contributed by atoms with van der Waals surface area (Å²) >= 11 is 0. The van der Waals surface area contributed by atoms with Crippen molar-refractivity contribution in [2.45, 2.75) is 25.9 Å². The Labute approximate surface area is 140 Å². The summed E-state index contributed by atoms with van der Waals surface area (Å²) in [6.07, 6.45) is 6.79. The Morgan fingerprint density at radius 3 is 2.92 bits per heavy atom. The molecular formula is C19H18N2O3. The number of amides is 1. The Balaban J connectivity index is 1.61. The normalized spacial score (nSPS) is 13.9. The lowest BCUT2D eigenvalue weighted by atomic mass is 10.1. The molecule has 1 aromatic heterocycles. The number of rotatable bonds is 4. The molecule has 24 heavy (non-hydrogen) atoms. The molecule has 0 aliphatic carbocycles. The molecule has 0 atom stereocenters. The summed E-state index contributed by atoms with van der Waals surface area (Å²) in [5.74, 6) is 0.206. The van der Waals surface area contributed by atoms with Crippen LogP contribution in [-0.2, 0) is 27.4 Å². The van der Waals surface area contributed by atoms with E-state index in [1.165, 1.54) is 6.08 Å². The molecule has 1 aromatic carbocycles. The molecule has 1 amide bonds. The van der Waals surface area contributed by atoms with Crippen LogP contribution >= 0.6 is 0 Å². The summed E-state index contributed by atoms with van der Waals surface area (Å²) in [6, 6.07) is 11.5. The van der Waals surface area contributed by atoms with Crippen molar-refractivity contribution in [3.63, 3.8) is 0 Å². The zero-order chi connectivity index (χ0) is 16.8. The summed E-state index contributed by atoms with van der Waals surface area (Å²) in [6.45, 7) is 0.248. The maximum absolute atomic E-state index is 11.8. The van der Waals surface area contributed by atoms with Crippen LogP contribution in [0.25, 0.3) is 6.08 Å². The fourth-order valence-corrected chi connectivity index (χ4v) is 2.50. The number of pyridine rings is 1. The minimum atomic E-state index is -0.401. The summed E-state index contributed by atoms with van der Waals surface area (Å²) < 4.78 is 5.19. The van der Waals surface area contributed by atoms with Crippen LogP contribution in [0.1, 0.15) is 29.5 Å². The monoisotopic (exact) mass is 322 g/mol. The number of carbonyl (C=O) groups is 2. The number of aryl methyl sites for hydroxylation is 1. The fourth-order valence-electron chi connectivity index (χ4n) is 2.50. The summed E-state index contributed by atoms with van der Waals surface area (Å²) in [7, 11) is 0. The van der Waals surface area contributed by atoms with E-state index in [4.69, 9.17) is 4.74 Å². The molecule has 0 saturated heterocycles. The Bertz CT molecular complexity index is 769. The van der Waals surface area contributed by atoms with Crippen molar-refractivity contribution in [3.8, 4) is 0 Å². The molecule has 0 radical (unpaired) electrons. The summed E-state index contributed by atoms with van der Waals surface area (Å²) in [5, 5.41) is 2.79. The van der Waals surface area contributed by atoms with Gasteiger partial charge in [-0.15, -0.1) is 0 Å². The van der Waals surface area contributed by atoms with Gasteiger partial charge in [-0.05, 0) is 41.7 Å². The number of fused-ring (bicyclic) bond motifs is 1. The average Bonchev–Trinajstić information content (AvgIpc) is 2.79. The number of ether oxygens (including phenoxy) is 1. The number of anilines is 1. The molecule has 1 aliphatic rings. The number of aromatic nitrogens is 1. The second-order valence-electron chi connectivity index (χ2n) is 5.60. The van der Waals surface area contributed by atoms with E-state index < -0.39 is 5.97 Å². The number of benzene rings is 1. The average molecular weight is 322 g/mol. The van der Waals surface area contributed by atoms with Crippen LogP contribution in [0, 0.1) is 0 Å². The summed E-state index contributed by atoms with van der Waals surface area (Å²) in [5.41, 5.74) is 2.74. The molecule has 5 heteroatoms. The molecule has 1 N–H and O–H groups in total. The van der Waals surface area contributed by atoms with Gasteiger partial charge in [0.1, 0.15) is 12.4 Å². The third-order valence-corrected chi connectivity index (χ3v) is 3.73. The van der Waals surface area contributed by atoms with Crippen LogP contribution in [-0.4, -0.2) is 16.9 Å². The first-order valence-electron chi connectivity index (χ1n) is 7.88. The van der Waals surface area contributed by atoms with Gasteiger partial charge in [-0.25, -0.2) is 9.78 Å². The van der Waals surface area contributed by atoms with E-state index in [1.807, 2.05) is 36.4 Å². The molecule has 2 heterocycles. The number of esters is 1. The van der Waals surface area contributed by atoms with Crippen molar-refractivity contribution < 1.29 is 14.3 Å². The van der Waals surface area contributed by atoms with Crippen molar-refractivity contribution in [2.75, 3.05) is 5.32 Å². The molecule has 0 fully saturated rings. The number of hydrogen-bond acceptors (Lipinski definition) is 4. The fraction of sp³-hybridized carbons (Fsp3) is 0.211. The van der Waals surface area contributed by atoms with Gasteiger partial charge >= 0.3 is 5.97 Å². The number of hydrogen-bond donors (Lipinski definition) is 1. The van der Waals surface area contributed by atoms with Gasteiger partial charge in [0.05, 0.1) is 0 Å². The van der Waals surface area contributed by atoms with Gasteiger partial charge in [0.2, 0.25) is 5.91 Å². The lowest BCUT2D eigenvalue weighted by Gasteiger charge is -2.06. The van der Waals surface area contributed by atoms with Crippen LogP contribution in [0.15, 0.2) is 48.7 Å². The van der Waals surface area contributed by atoms with Gasteiger partial charge in [-0.3, -0.25) is 4.79 Å². The lowest BCUT2D eigenvalue weighted by molar-refractivity contribution is -0.138. The van der Waals surface area contributed by atoms with E-state index in [0.717, 1.165) is 29.5 Å². The third-order valence-electron chi connectivity index (χ3n) is 3.73. The van der Waals surface area contributed by atoms with Crippen LogP contribution in [0.2, 0.25) is 0 Å². The Kier molecular flexibility index (Phi) is 5.01. The quantitative estimate of drug-likeness (QED) is 0.694. The number of nitrogens with one attached hydrogen (secondary N) is 1. The van der Waals surface area contributed by atoms with E-state index in [0.29, 0.717) is 12.2 Å². The van der Waals surface area contributed by atoms with Crippen LogP contribution in [0.3, 0.4) is 0 Å². The first-order chi connectivity index (χ1) is 11.7. The first kappa shape index (κ1) is 15.9. The maximum Gasteiger partial charge on any atom is 0.331 e. The van der Waals surface area contributed by atoms with Gasteiger partial charge < -0.3 is 10.1 Å². The van der Waals surface area contributed by atoms with Crippen molar-refractivity contribution in [1.82, 2.24) is 4.98 Å². The smallest absolute Gasteiger partial charge is 0.331 e. The van der Waals surface area contributed by atoms with Crippen molar-refractivity contribution in [1.29, 1.82) is 0 Å². The molecule has 0 bridgehead atoms. The molecule has 5 nitrogen and oxygen atoms in total. The zero-order valence-electron chi connectivity index (χ0n) is 13.2. The summed E-state index contributed by atoms with van der Waals surface area (Å²) in [4.78, 5) is 27.6. The van der Waals surface area contributed by atoms with E-state index in [2.05, 4.69) is 10.3 Å². The van der Waals surface area contributed by atoms with E-state index in [1.54, 1.807) is 12.3 Å². The van der Waals surface area contributed by atoms with Gasteiger partial charge in [0, 0.05) is 18.7 Å². The Morgan fingerprint density at radius 1 is 1.25 bits per heavy atom. The van der Waals surface area contributed by atoms with E-state index in [9.17, 15) is 9.59 Å². The highest BCUT2D eigenvalue weighted by Crippen LogP contribution is 2.21. The second-order valence-corrected chi connectivity index (χ2v) is 5.60. The Hall–Kier alpha value is -2.95. The number of nitrogens with zero attached hydrogens (tertiary/aromatic N) is 1. The lowest BCUT2D eigenvalue weighted by Crippen LogP contribution is -2.10. The molecule has 122 valence electrons. The molecule has 0 unspecified atom stereocenters. The van der Waals surface area contributed by atoms with Crippen molar-refractivity contribution >= 4 is 23.8 Å². The predicted octanol–water partition coefficient (Wildman–Crippen LogP) is 3.11. The molecule has 2 aromatic rings. The van der Waals surface area contributed by atoms with Crippen LogP contribution in [0.5, 0.6) is 0 Å². The highest BCUT2D eigenvalue weighted by Gasteiger charge is 2.13. The molecule has 0 saturated carbocycles. The third kappa shape index (κ3) is 4.29. The van der Waals surface area contributed by atoms with E-state index >= 15 is 0 Å². The topological polar surface area (TPSA) is 68.3 Å². The van der Waals surface area contributed by atoms with E-state index in [-0.39, 0.29) is 12.5 Å². The zero-order valence-corrected chi connectivity index (χ0v) is 13.2. The van der Waals surface area contributed by atoms with Gasteiger partial charge in [0.25, 0.3) is 0 Å². The Morgan fingerprint density at radius 2 is 2.08 bits per heavy atom. The van der Waals surface area contributed by atoms with Crippen molar-refractivity contribution in [2.24, 2.45) is 0 Å². The highest BCUT2D eigenvalue weighted by atomic mass is 16.5. The van der Waals surface area contributed by atoms with Crippen molar-refractivity contribution in [3.05, 3.63) is 65.4 Å².